The van der Waals surface area contributed by atoms with E-state index in [2.05, 4.69) is 36.7 Å². The summed E-state index contributed by atoms with van der Waals surface area (Å²) in [5, 5.41) is 1.05. The highest BCUT2D eigenvalue weighted by atomic mass is 79.9. The Labute approximate surface area is 154 Å². The van der Waals surface area contributed by atoms with Gasteiger partial charge in [-0.3, -0.25) is 20.6 Å². The molecule has 1 aromatic heterocycles. The zero-order valence-corrected chi connectivity index (χ0v) is 14.9. The number of nitrogens with one attached hydrogen (secondary N) is 3. The number of benzene rings is 1. The minimum Gasteiger partial charge on any atom is -0.342 e. The van der Waals surface area contributed by atoms with Crippen molar-refractivity contribution in [2.24, 2.45) is 0 Å². The number of halogens is 4. The molecule has 4 rings (SSSR count). The van der Waals surface area contributed by atoms with Crippen LogP contribution in [0.3, 0.4) is 0 Å². The van der Waals surface area contributed by atoms with E-state index in [4.69, 9.17) is 0 Å². The number of H-pyrrole nitrogens is 1. The van der Waals surface area contributed by atoms with E-state index < -0.39 is 17.3 Å². The van der Waals surface area contributed by atoms with Crippen molar-refractivity contribution < 1.29 is 13.2 Å². The minimum atomic E-state index is -4.56. The summed E-state index contributed by atoms with van der Waals surface area (Å²) in [4.78, 5) is 21.3. The summed E-state index contributed by atoms with van der Waals surface area (Å²) in [5.74, 6) is 0.598. The first-order chi connectivity index (χ1) is 12.3. The Kier molecular flexibility index (Phi) is 3.98. The first-order valence-corrected chi connectivity index (χ1v) is 8.72. The molecule has 7 nitrogen and oxygen atoms in total. The third-order valence-electron chi connectivity index (χ3n) is 4.26. The molecule has 0 atom stereocenters. The van der Waals surface area contributed by atoms with Crippen molar-refractivity contribution >= 4 is 39.1 Å². The van der Waals surface area contributed by atoms with E-state index in [1.54, 1.807) is 0 Å². The third kappa shape index (κ3) is 2.96. The second-order valence-electron chi connectivity index (χ2n) is 6.03. The predicted molar refractivity (Wildman–Crippen MR) is 95.2 cm³/mol. The second-order valence-corrected chi connectivity index (χ2v) is 6.94. The fourth-order valence-electron chi connectivity index (χ4n) is 3.02. The number of nitrogens with zero attached hydrogens (tertiary/aromatic N) is 3. The molecular formula is C15H14BrF3N6O. The second kappa shape index (κ2) is 6.08. The summed E-state index contributed by atoms with van der Waals surface area (Å²) in [6.07, 6.45) is -2.54. The summed E-state index contributed by atoms with van der Waals surface area (Å²) >= 11 is 3.05. The van der Waals surface area contributed by atoms with Crippen molar-refractivity contribution in [3.05, 3.63) is 38.6 Å². The number of hydrogen-bond donors (Lipinski definition) is 3. The van der Waals surface area contributed by atoms with E-state index in [0.717, 1.165) is 37.1 Å². The van der Waals surface area contributed by atoms with Crippen LogP contribution in [0.25, 0.3) is 0 Å². The molecule has 1 fully saturated rings. The Morgan fingerprint density at radius 2 is 1.88 bits per heavy atom. The molecule has 1 aromatic carbocycles. The zero-order valence-electron chi connectivity index (χ0n) is 13.3. The SMILES string of the molecule is O=c1[nH]c(N2CCCC2)nc2c1NN(c1ccc(Br)cc1C(F)(F)F)N2. The molecule has 0 saturated carbocycles. The number of alkyl halides is 3. The molecule has 2 aliphatic heterocycles. The molecule has 11 heteroatoms. The number of hydrogen-bond acceptors (Lipinski definition) is 6. The fraction of sp³-hybridized carbons (Fsp3) is 0.333. The lowest BCUT2D eigenvalue weighted by Gasteiger charge is -2.22. The van der Waals surface area contributed by atoms with Gasteiger partial charge in [0.15, 0.2) is 11.5 Å². The molecule has 0 amide bonds. The molecular weight excluding hydrogens is 417 g/mol. The predicted octanol–water partition coefficient (Wildman–Crippen LogP) is 3.33. The van der Waals surface area contributed by atoms with Crippen molar-refractivity contribution in [3.63, 3.8) is 0 Å². The van der Waals surface area contributed by atoms with Gasteiger partial charge in [-0.2, -0.15) is 23.3 Å². The molecule has 0 unspecified atom stereocenters. The number of fused-ring (bicyclic) bond motifs is 1. The van der Waals surface area contributed by atoms with E-state index in [9.17, 15) is 18.0 Å². The maximum Gasteiger partial charge on any atom is 0.418 e. The van der Waals surface area contributed by atoms with Gasteiger partial charge in [0.05, 0.1) is 11.3 Å². The molecule has 0 radical (unpaired) electrons. The monoisotopic (exact) mass is 430 g/mol. The number of aromatic nitrogens is 2. The van der Waals surface area contributed by atoms with Gasteiger partial charge in [-0.05, 0) is 31.0 Å². The Morgan fingerprint density at radius 1 is 1.15 bits per heavy atom. The first kappa shape index (κ1) is 17.0. The Balaban J connectivity index is 1.69. The van der Waals surface area contributed by atoms with Crippen LogP contribution in [-0.4, -0.2) is 23.1 Å². The van der Waals surface area contributed by atoms with Crippen LogP contribution in [0.1, 0.15) is 18.4 Å². The average molecular weight is 431 g/mol. The Hall–Kier alpha value is -2.43. The molecule has 3 N–H and O–H groups in total. The highest BCUT2D eigenvalue weighted by molar-refractivity contribution is 9.10. The smallest absolute Gasteiger partial charge is 0.342 e. The lowest BCUT2D eigenvalue weighted by atomic mass is 10.2. The lowest BCUT2D eigenvalue weighted by Crippen LogP contribution is -2.32. The largest absolute Gasteiger partial charge is 0.418 e. The zero-order chi connectivity index (χ0) is 18.5. The van der Waals surface area contributed by atoms with Gasteiger partial charge in [0.25, 0.3) is 5.56 Å². The van der Waals surface area contributed by atoms with Crippen molar-refractivity contribution in [3.8, 4) is 0 Å². The van der Waals surface area contributed by atoms with Gasteiger partial charge in [0, 0.05) is 17.6 Å². The summed E-state index contributed by atoms with van der Waals surface area (Å²) < 4.78 is 40.4. The molecule has 0 spiro atoms. The van der Waals surface area contributed by atoms with Crippen LogP contribution in [0.4, 0.5) is 36.3 Å². The fourth-order valence-corrected chi connectivity index (χ4v) is 3.38. The van der Waals surface area contributed by atoms with Gasteiger partial charge in [-0.25, -0.2) is 0 Å². The topological polar surface area (TPSA) is 76.3 Å². The summed E-state index contributed by atoms with van der Waals surface area (Å²) in [6, 6.07) is 3.77. The first-order valence-electron chi connectivity index (χ1n) is 7.92. The van der Waals surface area contributed by atoms with Crippen LogP contribution in [0.15, 0.2) is 27.5 Å². The number of aromatic amines is 1. The number of rotatable bonds is 2. The number of anilines is 4. The van der Waals surface area contributed by atoms with E-state index in [-0.39, 0.29) is 17.2 Å². The van der Waals surface area contributed by atoms with Crippen LogP contribution in [0, 0.1) is 0 Å². The Bertz CT molecular complexity index is 909. The van der Waals surface area contributed by atoms with E-state index >= 15 is 0 Å². The molecule has 1 saturated heterocycles. The quantitative estimate of drug-likeness (QED) is 0.678. The molecule has 2 aliphatic rings. The highest BCUT2D eigenvalue weighted by Gasteiger charge is 2.37. The van der Waals surface area contributed by atoms with Crippen molar-refractivity contribution in [1.82, 2.24) is 9.97 Å². The minimum absolute atomic E-state index is 0.0731. The molecule has 138 valence electrons. The van der Waals surface area contributed by atoms with E-state index in [0.29, 0.717) is 10.4 Å². The third-order valence-corrected chi connectivity index (χ3v) is 4.75. The van der Waals surface area contributed by atoms with Crippen LogP contribution in [0.2, 0.25) is 0 Å². The van der Waals surface area contributed by atoms with Gasteiger partial charge < -0.3 is 4.90 Å². The lowest BCUT2D eigenvalue weighted by molar-refractivity contribution is -0.137. The van der Waals surface area contributed by atoms with Gasteiger partial charge >= 0.3 is 6.18 Å². The van der Waals surface area contributed by atoms with Crippen LogP contribution >= 0.6 is 15.9 Å². The molecule has 0 bridgehead atoms. The van der Waals surface area contributed by atoms with Crippen molar-refractivity contribution in [2.75, 3.05) is 34.0 Å². The van der Waals surface area contributed by atoms with E-state index in [1.807, 2.05) is 4.90 Å². The average Bonchev–Trinajstić information content (AvgIpc) is 3.23. The number of hydrazine groups is 2. The summed E-state index contributed by atoms with van der Waals surface area (Å²) in [7, 11) is 0. The van der Waals surface area contributed by atoms with Crippen molar-refractivity contribution in [1.29, 1.82) is 0 Å². The van der Waals surface area contributed by atoms with Crippen LogP contribution in [0.5, 0.6) is 0 Å². The maximum absolute atomic E-state index is 13.4. The molecule has 26 heavy (non-hydrogen) atoms. The summed E-state index contributed by atoms with van der Waals surface area (Å²) in [6.45, 7) is 1.56. The van der Waals surface area contributed by atoms with E-state index in [1.165, 1.54) is 12.1 Å². The van der Waals surface area contributed by atoms with Gasteiger partial charge in [0.2, 0.25) is 5.95 Å². The van der Waals surface area contributed by atoms with Crippen LogP contribution in [-0.2, 0) is 6.18 Å². The highest BCUT2D eigenvalue weighted by Crippen LogP contribution is 2.40. The molecule has 3 heterocycles. The van der Waals surface area contributed by atoms with Crippen molar-refractivity contribution in [2.45, 2.75) is 19.0 Å². The van der Waals surface area contributed by atoms with Gasteiger partial charge in [0.1, 0.15) is 0 Å². The maximum atomic E-state index is 13.4. The summed E-state index contributed by atoms with van der Waals surface area (Å²) in [5.41, 5.74) is 4.00. The standard InChI is InChI=1S/C15H14BrF3N6O/c16-8-3-4-10(9(7-8)15(17,18)19)25-22-11-12(23-25)20-14(21-13(11)26)24-5-1-2-6-24/h3-4,7,22H,1-2,5-6H2,(H2,20,21,23,26). The molecule has 0 aliphatic carbocycles. The molecule has 2 aromatic rings. The normalized spacial score (nSPS) is 16.5. The van der Waals surface area contributed by atoms with Crippen LogP contribution < -0.4 is 26.4 Å². The Morgan fingerprint density at radius 3 is 2.58 bits per heavy atom. The van der Waals surface area contributed by atoms with Gasteiger partial charge in [-0.15, -0.1) is 0 Å². The van der Waals surface area contributed by atoms with Gasteiger partial charge in [-0.1, -0.05) is 15.9 Å².